The number of carbonyl (C=O) groups is 9. The van der Waals surface area contributed by atoms with Crippen molar-refractivity contribution >= 4 is 81.7 Å². The molecule has 102 heavy (non-hydrogen) atoms. The van der Waals surface area contributed by atoms with Gasteiger partial charge in [0.05, 0.1) is 52.2 Å². The van der Waals surface area contributed by atoms with Gasteiger partial charge in [-0.3, -0.25) is 44.3 Å². The molecule has 11 atom stereocenters. The second-order valence-electron chi connectivity index (χ2n) is 26.7. The highest BCUT2D eigenvalue weighted by Crippen LogP contribution is 2.61. The van der Waals surface area contributed by atoms with E-state index < -0.39 is 113 Å². The summed E-state index contributed by atoms with van der Waals surface area (Å²) in [6.07, 6.45) is 2.20. The lowest BCUT2D eigenvalue weighted by Crippen LogP contribution is -2.63. The number of benzene rings is 3. The van der Waals surface area contributed by atoms with E-state index in [1.807, 2.05) is 74.8 Å². The van der Waals surface area contributed by atoms with Crippen LogP contribution in [-0.2, 0) is 81.6 Å². The van der Waals surface area contributed by atoms with Crippen LogP contribution in [0, 0.1) is 17.3 Å². The third-order valence-electron chi connectivity index (χ3n) is 19.4. The molecule has 7 amide bonds. The number of anilines is 1. The highest BCUT2D eigenvalue weighted by Gasteiger charge is 2.62. The Labute approximate surface area is 601 Å². The van der Waals surface area contributed by atoms with Gasteiger partial charge < -0.3 is 80.0 Å². The molecular weight excluding hydrogens is 1340 g/mol. The van der Waals surface area contributed by atoms with Gasteiger partial charge in [-0.2, -0.15) is 0 Å². The van der Waals surface area contributed by atoms with Crippen molar-refractivity contribution in [2.45, 2.75) is 160 Å². The molecule has 558 valence electrons. The first-order valence-electron chi connectivity index (χ1n) is 34.6. The second-order valence-corrected chi connectivity index (χ2v) is 27.1. The standard InChI is InChI=1S/C73H102ClN11O17/c1-45-19-18-25-59(98-10)73(96)43-58(101-71(95)81-73)46(2)52-42-72(52,4)60(41-63(88)84(8)56-38-48(37-45)39-57(97-9)65(56)74)102-70(94)47(3)83(7)69(93)54(23-16-17-30-75)79-68(92)66(49-20-12-11-13-21-49)80-62(87)29-33-99-35-36-100-34-31-77-67(91)53(26-27-64(89)90)78-61(86)28-32-85-51(44-82(6)76-5)40-50-22-14-15-24-55(50)85/h11-15,18-22,24-25,38-40,46-47,52-54,58-60,66,76,96H,16-17,23,26-37,41-44,75H2,1-10H3,(H,77,91)(H,78,86)(H,79,92)(H,80,87)(H,81,95)(H,89,90)/b25-18+,45-19+/t46-,47-,52-,53-,54-,58-,59+,60-,66-,72-,73-/m0/s1. The molecule has 10 N–H and O–H groups in total. The molecule has 1 aliphatic carbocycles. The summed E-state index contributed by atoms with van der Waals surface area (Å²) >= 11 is 6.92. The lowest BCUT2D eigenvalue weighted by Gasteiger charge is -2.42. The number of nitrogens with one attached hydrogen (secondary N) is 6. The van der Waals surface area contributed by atoms with Crippen LogP contribution in [-0.4, -0.2) is 202 Å². The molecule has 1 saturated heterocycles. The molecule has 0 radical (unpaired) electrons. The van der Waals surface area contributed by atoms with Crippen molar-refractivity contribution in [3.05, 3.63) is 118 Å². The summed E-state index contributed by atoms with van der Waals surface area (Å²) in [7, 11) is 9.57. The second kappa shape index (κ2) is 38.2. The van der Waals surface area contributed by atoms with Crippen LogP contribution in [0.25, 0.3) is 10.9 Å². The zero-order chi connectivity index (χ0) is 74.4. The Hall–Kier alpha value is -8.48. The molecular formula is C73H102ClN11O17. The first-order valence-corrected chi connectivity index (χ1v) is 35.0. The van der Waals surface area contributed by atoms with Gasteiger partial charge in [-0.05, 0) is 119 Å². The summed E-state index contributed by atoms with van der Waals surface area (Å²) in [6.45, 7) is 8.45. The van der Waals surface area contributed by atoms with Crippen molar-refractivity contribution in [1.29, 1.82) is 0 Å². The van der Waals surface area contributed by atoms with E-state index in [0.717, 1.165) is 32.6 Å². The lowest BCUT2D eigenvalue weighted by molar-refractivity contribution is -0.163. The molecule has 0 unspecified atom stereocenters. The number of nitrogens with zero attached hydrogens (tertiary/aromatic N) is 4. The van der Waals surface area contributed by atoms with Crippen molar-refractivity contribution in [3.63, 3.8) is 0 Å². The molecule has 2 aliphatic heterocycles. The Bertz CT molecular complexity index is 3630. The Morgan fingerprint density at radius 3 is 2.27 bits per heavy atom. The summed E-state index contributed by atoms with van der Waals surface area (Å²) in [5.74, 6) is -5.80. The first-order chi connectivity index (χ1) is 48.6. The number of methoxy groups -OCH3 is 2. The number of carbonyl (C=O) groups excluding carboxylic acids is 8. The predicted octanol–water partition coefficient (Wildman–Crippen LogP) is 5.35. The van der Waals surface area contributed by atoms with Crippen molar-refractivity contribution in [2.24, 2.45) is 23.0 Å². The number of aliphatic carboxylic acids is 1. The van der Waals surface area contributed by atoms with E-state index >= 15 is 0 Å². The van der Waals surface area contributed by atoms with Crippen LogP contribution in [0.4, 0.5) is 10.5 Å². The van der Waals surface area contributed by atoms with Gasteiger partial charge in [0.15, 0.2) is 5.72 Å². The number of esters is 1. The van der Waals surface area contributed by atoms with Crippen molar-refractivity contribution < 1.29 is 81.8 Å². The number of aromatic nitrogens is 1. The topological polar surface area (TPSA) is 362 Å². The Balaban J connectivity index is 0.948. The number of fused-ring (bicyclic) bond motifs is 6. The van der Waals surface area contributed by atoms with Crippen LogP contribution in [0.1, 0.15) is 115 Å². The summed E-state index contributed by atoms with van der Waals surface area (Å²) in [4.78, 5) is 126. The molecule has 28 nitrogen and oxygen atoms in total. The van der Waals surface area contributed by atoms with Crippen LogP contribution >= 0.6 is 11.6 Å². The van der Waals surface area contributed by atoms with Crippen LogP contribution in [0.5, 0.6) is 5.75 Å². The van der Waals surface area contributed by atoms with Gasteiger partial charge in [0, 0.05) is 83.7 Å². The van der Waals surface area contributed by atoms with E-state index in [2.05, 4.69) is 38.1 Å². The number of carboxylic acids is 1. The maximum absolute atomic E-state index is 14.8. The van der Waals surface area contributed by atoms with Crippen LogP contribution < -0.4 is 47.4 Å². The smallest absolute Gasteiger partial charge is 0.409 e. The minimum Gasteiger partial charge on any atom is -0.495 e. The van der Waals surface area contributed by atoms with Gasteiger partial charge in [0.25, 0.3) is 0 Å². The summed E-state index contributed by atoms with van der Waals surface area (Å²) in [6, 6.07) is 17.0. The van der Waals surface area contributed by atoms with Crippen LogP contribution in [0.3, 0.4) is 0 Å². The van der Waals surface area contributed by atoms with E-state index in [9.17, 15) is 53.4 Å². The number of amides is 7. The predicted molar refractivity (Wildman–Crippen MR) is 381 cm³/mol. The maximum atomic E-state index is 14.8. The monoisotopic (exact) mass is 1440 g/mol. The fourth-order valence-corrected chi connectivity index (χ4v) is 13.3. The Morgan fingerprint density at radius 2 is 1.58 bits per heavy atom. The van der Waals surface area contributed by atoms with Gasteiger partial charge in [-0.25, -0.2) is 14.6 Å². The number of allylic oxidation sites excluding steroid dienone is 3. The number of ether oxygens (including phenoxy) is 6. The van der Waals surface area contributed by atoms with Crippen LogP contribution in [0.2, 0.25) is 5.02 Å². The van der Waals surface area contributed by atoms with Crippen molar-refractivity contribution in [1.82, 2.24) is 46.5 Å². The zero-order valence-corrected chi connectivity index (χ0v) is 60.8. The molecule has 3 aliphatic rings. The summed E-state index contributed by atoms with van der Waals surface area (Å²) < 4.78 is 37.0. The summed E-state index contributed by atoms with van der Waals surface area (Å²) in [5.41, 5.74) is 10.5. The van der Waals surface area contributed by atoms with Gasteiger partial charge >= 0.3 is 18.0 Å². The molecule has 2 fully saturated rings. The highest BCUT2D eigenvalue weighted by atomic mass is 35.5. The molecule has 29 heteroatoms. The molecule has 4 aromatic rings. The molecule has 0 spiro atoms. The number of alkyl carbamates (subject to hydrolysis) is 1. The minimum atomic E-state index is -1.88. The third-order valence-corrected chi connectivity index (χ3v) is 19.8. The number of hydrogen-bond donors (Lipinski definition) is 9. The number of rotatable bonds is 34. The molecule has 3 heterocycles. The lowest BCUT2D eigenvalue weighted by atomic mass is 9.83. The number of hydrazine groups is 1. The minimum absolute atomic E-state index is 0.0363. The van der Waals surface area contributed by atoms with Crippen molar-refractivity contribution in [3.8, 4) is 5.75 Å². The first kappa shape index (κ1) is 80.8. The summed E-state index contributed by atoms with van der Waals surface area (Å²) in [5, 5.41) is 38.1. The number of aliphatic hydroxyl groups is 1. The van der Waals surface area contributed by atoms with Gasteiger partial charge in [0.2, 0.25) is 35.4 Å². The number of unbranched alkanes of at least 4 members (excludes halogenated alkanes) is 1. The fourth-order valence-electron chi connectivity index (χ4n) is 13.0. The largest absolute Gasteiger partial charge is 0.495 e. The highest BCUT2D eigenvalue weighted by molar-refractivity contribution is 6.35. The number of carboxylic acid groups (broad SMARTS) is 1. The molecule has 7 rings (SSSR count). The van der Waals surface area contributed by atoms with Crippen molar-refractivity contribution in [2.75, 3.05) is 86.8 Å². The normalized spacial score (nSPS) is 22.6. The average molecular weight is 1440 g/mol. The van der Waals surface area contributed by atoms with E-state index in [0.29, 0.717) is 55.8 Å². The van der Waals surface area contributed by atoms with E-state index in [1.54, 1.807) is 61.7 Å². The molecule has 4 bridgehead atoms. The number of likely N-dealkylation sites (N-methyl/N-ethyl adjacent to an activating group) is 1. The molecule has 3 aromatic carbocycles. The number of nitrogens with two attached hydrogens (primary N) is 1. The third kappa shape index (κ3) is 22.0. The molecule has 1 saturated carbocycles. The van der Waals surface area contributed by atoms with Gasteiger partial charge in [-0.1, -0.05) is 97.8 Å². The average Bonchev–Trinajstić information content (AvgIpc) is 1.57. The number of halogens is 1. The van der Waals surface area contributed by atoms with E-state index in [-0.39, 0.29) is 95.4 Å². The number of para-hydroxylation sites is 1. The van der Waals surface area contributed by atoms with E-state index in [1.165, 1.54) is 33.1 Å². The fraction of sp³-hybridized carbons (Fsp3) is 0.548. The van der Waals surface area contributed by atoms with Crippen LogP contribution in [0.15, 0.2) is 96.6 Å². The quantitative estimate of drug-likeness (QED) is 0.0161. The Kier molecular flexibility index (Phi) is 30.2. The molecule has 1 aromatic heterocycles. The van der Waals surface area contributed by atoms with E-state index in [4.69, 9.17) is 45.8 Å². The number of aryl methyl sites for hydroxylation is 1. The Morgan fingerprint density at radius 1 is 0.873 bits per heavy atom. The zero-order valence-electron chi connectivity index (χ0n) is 60.1. The number of hydrogen-bond acceptors (Lipinski definition) is 19. The SMILES string of the molecule is CNN(C)Cc1cc2ccccc2n1CCC(=O)N[C@@H](CCC(=O)O)C(=O)NCCOCCOCCC(=O)N[C@H](C(=O)N[C@@H](CCCCN)C(=O)N(C)[C@@H](C)C(=O)O[C@H]1CC(=O)N(C)c2cc(cc(OC)c2Cl)C/C(C)=C/C=C/[C@@H](OC)[C@@]2(O)C[C@H](OC(=O)N2)[C@@H](C)[C@@H]2C[C@]12C)c1ccccc1. The maximum Gasteiger partial charge on any atom is 0.409 e. The van der Waals surface area contributed by atoms with Gasteiger partial charge in [-0.15, -0.1) is 0 Å². The van der Waals surface area contributed by atoms with Gasteiger partial charge in [0.1, 0.15) is 53.3 Å².